The molecule has 1 aromatic carbocycles. The Morgan fingerprint density at radius 1 is 1.20 bits per heavy atom. The molecule has 2 unspecified atom stereocenters. The summed E-state index contributed by atoms with van der Waals surface area (Å²) in [6.07, 6.45) is 0.918. The minimum atomic E-state index is -1.06. The van der Waals surface area contributed by atoms with Crippen LogP contribution in [0.5, 0.6) is 6.01 Å². The van der Waals surface area contributed by atoms with Crippen LogP contribution >= 0.6 is 0 Å². The third-order valence-corrected chi connectivity index (χ3v) is 6.25. The Kier molecular flexibility index (Phi) is 6.46. The molecular formula is C24H33N3O3. The Balaban J connectivity index is 1.61. The van der Waals surface area contributed by atoms with Gasteiger partial charge in [0.15, 0.2) is 0 Å². The van der Waals surface area contributed by atoms with E-state index < -0.39 is 11.0 Å². The molecule has 6 nitrogen and oxygen atoms in total. The van der Waals surface area contributed by atoms with Gasteiger partial charge in [-0.05, 0) is 37.8 Å². The first-order valence-corrected chi connectivity index (χ1v) is 10.6. The molecule has 30 heavy (non-hydrogen) atoms. The fraction of sp³-hybridized carbons (Fsp3) is 0.542. The molecule has 162 valence electrons. The summed E-state index contributed by atoms with van der Waals surface area (Å²) in [5, 5.41) is 11.3. The summed E-state index contributed by atoms with van der Waals surface area (Å²) in [5.74, 6) is 0.285. The summed E-state index contributed by atoms with van der Waals surface area (Å²) < 4.78 is 5.79. The van der Waals surface area contributed by atoms with Crippen molar-refractivity contribution >= 4 is 5.91 Å². The van der Waals surface area contributed by atoms with Gasteiger partial charge >= 0.3 is 6.01 Å². The predicted molar refractivity (Wildman–Crippen MR) is 116 cm³/mol. The summed E-state index contributed by atoms with van der Waals surface area (Å²) in [6, 6.07) is 12.3. The van der Waals surface area contributed by atoms with Crippen LogP contribution in [0.4, 0.5) is 0 Å². The molecule has 0 saturated carbocycles. The quantitative estimate of drug-likeness (QED) is 0.785. The van der Waals surface area contributed by atoms with Crippen molar-refractivity contribution in [3.8, 4) is 6.01 Å². The van der Waals surface area contributed by atoms with Crippen molar-refractivity contribution in [2.24, 2.45) is 5.41 Å². The molecule has 2 aromatic rings. The molecule has 1 aliphatic rings. The third kappa shape index (κ3) is 4.98. The number of aryl methyl sites for hydroxylation is 2. The van der Waals surface area contributed by atoms with Crippen molar-refractivity contribution in [1.82, 2.24) is 14.9 Å². The maximum absolute atomic E-state index is 12.9. The lowest BCUT2D eigenvalue weighted by atomic mass is 9.70. The second-order valence-electron chi connectivity index (χ2n) is 9.22. The molecule has 2 heterocycles. The topological polar surface area (TPSA) is 75.6 Å². The average Bonchev–Trinajstić information content (AvgIpc) is 2.68. The molecule has 0 spiro atoms. The van der Waals surface area contributed by atoms with E-state index in [1.165, 1.54) is 5.56 Å². The van der Waals surface area contributed by atoms with Crippen molar-refractivity contribution in [2.45, 2.75) is 59.0 Å². The van der Waals surface area contributed by atoms with Crippen LogP contribution in [0.15, 0.2) is 36.4 Å². The van der Waals surface area contributed by atoms with E-state index in [0.29, 0.717) is 25.9 Å². The van der Waals surface area contributed by atoms with Crippen molar-refractivity contribution in [3.63, 3.8) is 0 Å². The highest BCUT2D eigenvalue weighted by Crippen LogP contribution is 2.39. The Bertz CT molecular complexity index is 864. The minimum Gasteiger partial charge on any atom is -0.460 e. The van der Waals surface area contributed by atoms with Gasteiger partial charge in [-0.15, -0.1) is 0 Å². The van der Waals surface area contributed by atoms with Gasteiger partial charge in [-0.25, -0.2) is 9.97 Å². The Morgan fingerprint density at radius 3 is 2.43 bits per heavy atom. The number of rotatable bonds is 6. The number of ether oxygens (including phenoxy) is 1. The van der Waals surface area contributed by atoms with Gasteiger partial charge in [-0.2, -0.15) is 0 Å². The van der Waals surface area contributed by atoms with Crippen LogP contribution in [0.1, 0.15) is 56.5 Å². The highest BCUT2D eigenvalue weighted by atomic mass is 16.5. The van der Waals surface area contributed by atoms with E-state index in [2.05, 4.69) is 29.0 Å². The number of hydrogen-bond donors (Lipinski definition) is 1. The van der Waals surface area contributed by atoms with Gasteiger partial charge < -0.3 is 14.7 Å². The van der Waals surface area contributed by atoms with Crippen LogP contribution in [0.25, 0.3) is 0 Å². The first kappa shape index (κ1) is 22.2. The van der Waals surface area contributed by atoms with Gasteiger partial charge in [0.1, 0.15) is 12.2 Å². The number of likely N-dealkylation sites (tertiary alicyclic amines) is 1. The second kappa shape index (κ2) is 8.72. The highest BCUT2D eigenvalue weighted by Gasteiger charge is 2.49. The SMILES string of the molecule is Cc1cc(C)nc(OCC2(O)CCN(C(=O)CC(C)c3ccccc3)CC2(C)C)n1. The molecule has 2 atom stereocenters. The molecular weight excluding hydrogens is 378 g/mol. The van der Waals surface area contributed by atoms with Gasteiger partial charge in [0.25, 0.3) is 0 Å². The molecule has 1 N–H and O–H groups in total. The maximum Gasteiger partial charge on any atom is 0.316 e. The summed E-state index contributed by atoms with van der Waals surface area (Å²) in [5.41, 5.74) is 1.25. The Hall–Kier alpha value is -2.47. The van der Waals surface area contributed by atoms with Crippen LogP contribution in [-0.4, -0.2) is 51.2 Å². The predicted octanol–water partition coefficient (Wildman–Crippen LogP) is 3.66. The van der Waals surface area contributed by atoms with Crippen molar-refractivity contribution < 1.29 is 14.6 Å². The molecule has 0 radical (unpaired) electrons. The normalized spacial score (nSPS) is 21.9. The lowest BCUT2D eigenvalue weighted by Gasteiger charge is -2.49. The first-order chi connectivity index (χ1) is 14.1. The third-order valence-electron chi connectivity index (χ3n) is 6.25. The summed E-state index contributed by atoms with van der Waals surface area (Å²) in [7, 11) is 0. The summed E-state index contributed by atoms with van der Waals surface area (Å²) in [4.78, 5) is 23.4. The molecule has 0 bridgehead atoms. The monoisotopic (exact) mass is 411 g/mol. The smallest absolute Gasteiger partial charge is 0.316 e. The van der Waals surface area contributed by atoms with Crippen LogP contribution in [0, 0.1) is 19.3 Å². The molecule has 1 fully saturated rings. The average molecular weight is 412 g/mol. The Labute approximate surface area is 179 Å². The first-order valence-electron chi connectivity index (χ1n) is 10.6. The van der Waals surface area contributed by atoms with E-state index in [1.807, 2.05) is 56.9 Å². The fourth-order valence-electron chi connectivity index (χ4n) is 4.07. The summed E-state index contributed by atoms with van der Waals surface area (Å²) in [6.45, 7) is 10.9. The number of carbonyl (C=O) groups is 1. The number of benzene rings is 1. The minimum absolute atomic E-state index is 0.103. The van der Waals surface area contributed by atoms with Crippen LogP contribution in [0.3, 0.4) is 0 Å². The zero-order valence-corrected chi connectivity index (χ0v) is 18.7. The maximum atomic E-state index is 12.9. The van der Waals surface area contributed by atoms with E-state index in [-0.39, 0.29) is 24.4 Å². The zero-order valence-electron chi connectivity index (χ0n) is 18.7. The lowest BCUT2D eigenvalue weighted by molar-refractivity contribution is -0.158. The standard InChI is InChI=1S/C24H33N3O3/c1-17(20-9-7-6-8-10-20)13-21(28)27-12-11-24(29,23(4,5)15-27)16-30-22-25-18(2)14-19(3)26-22/h6-10,14,17,29H,11-13,15-16H2,1-5H3. The summed E-state index contributed by atoms with van der Waals surface area (Å²) >= 11 is 0. The van der Waals surface area contributed by atoms with E-state index in [1.54, 1.807) is 0 Å². The van der Waals surface area contributed by atoms with Crippen molar-refractivity contribution in [2.75, 3.05) is 19.7 Å². The lowest BCUT2D eigenvalue weighted by Crippen LogP contribution is -2.61. The fourth-order valence-corrected chi connectivity index (χ4v) is 4.07. The second-order valence-corrected chi connectivity index (χ2v) is 9.22. The number of amides is 1. The van der Waals surface area contributed by atoms with E-state index in [0.717, 1.165) is 11.4 Å². The van der Waals surface area contributed by atoms with Gasteiger partial charge in [0.05, 0.1) is 0 Å². The number of hydrogen-bond acceptors (Lipinski definition) is 5. The number of aliphatic hydroxyl groups is 1. The van der Waals surface area contributed by atoms with Gasteiger partial charge in [-0.1, -0.05) is 51.1 Å². The van der Waals surface area contributed by atoms with Crippen molar-refractivity contribution in [1.29, 1.82) is 0 Å². The molecule has 1 amide bonds. The molecule has 3 rings (SSSR count). The van der Waals surface area contributed by atoms with Crippen LogP contribution in [-0.2, 0) is 4.79 Å². The Morgan fingerprint density at radius 2 is 1.83 bits per heavy atom. The van der Waals surface area contributed by atoms with Gasteiger partial charge in [0.2, 0.25) is 5.91 Å². The molecule has 1 aliphatic heterocycles. The zero-order chi connectivity index (χ0) is 21.9. The molecule has 0 aliphatic carbocycles. The highest BCUT2D eigenvalue weighted by molar-refractivity contribution is 5.77. The molecule has 1 saturated heterocycles. The van der Waals surface area contributed by atoms with E-state index in [4.69, 9.17) is 4.74 Å². The molecule has 1 aromatic heterocycles. The van der Waals surface area contributed by atoms with Crippen LogP contribution < -0.4 is 4.74 Å². The van der Waals surface area contributed by atoms with Gasteiger partial charge in [-0.3, -0.25) is 4.79 Å². The van der Waals surface area contributed by atoms with Gasteiger partial charge in [0, 0.05) is 36.3 Å². The van der Waals surface area contributed by atoms with E-state index in [9.17, 15) is 9.90 Å². The number of aromatic nitrogens is 2. The molecule has 6 heteroatoms. The number of nitrogens with zero attached hydrogens (tertiary/aromatic N) is 3. The number of carbonyl (C=O) groups excluding carboxylic acids is 1. The van der Waals surface area contributed by atoms with Crippen molar-refractivity contribution in [3.05, 3.63) is 53.3 Å². The largest absolute Gasteiger partial charge is 0.460 e. The number of piperidine rings is 1. The van der Waals surface area contributed by atoms with E-state index >= 15 is 0 Å². The van der Waals surface area contributed by atoms with Crippen LogP contribution in [0.2, 0.25) is 0 Å².